The first-order valence-corrected chi connectivity index (χ1v) is 9.60. The number of carbonyl (C=O) groups excluding carboxylic acids is 1. The Morgan fingerprint density at radius 3 is 2.32 bits per heavy atom. The zero-order valence-electron chi connectivity index (χ0n) is 15.4. The molecule has 0 aliphatic carbocycles. The van der Waals surface area contributed by atoms with Crippen LogP contribution in [0.15, 0.2) is 24.3 Å². The molecule has 0 radical (unpaired) electrons. The van der Waals surface area contributed by atoms with Gasteiger partial charge in [0.25, 0.3) is 0 Å². The molecule has 0 bridgehead atoms. The number of hydrogen-bond acceptors (Lipinski definition) is 3. The van der Waals surface area contributed by atoms with Gasteiger partial charge in [-0.3, -0.25) is 9.69 Å². The Morgan fingerprint density at radius 1 is 1.12 bits per heavy atom. The highest BCUT2D eigenvalue weighted by atomic mass is 19.1. The third-order valence-electron chi connectivity index (χ3n) is 6.17. The summed E-state index contributed by atoms with van der Waals surface area (Å²) in [6.45, 7) is 9.26. The van der Waals surface area contributed by atoms with Crippen molar-refractivity contribution < 1.29 is 9.18 Å². The molecule has 0 spiro atoms. The van der Waals surface area contributed by atoms with Gasteiger partial charge in [-0.1, -0.05) is 13.8 Å². The maximum atomic E-state index is 13.0. The number of carbonyl (C=O) groups is 1. The quantitative estimate of drug-likeness (QED) is 0.859. The number of nitrogens with one attached hydrogen (secondary N) is 1. The number of halogens is 1. The van der Waals surface area contributed by atoms with Crippen LogP contribution >= 0.6 is 0 Å². The molecule has 2 aliphatic heterocycles. The van der Waals surface area contributed by atoms with E-state index in [9.17, 15) is 9.18 Å². The standard InChI is InChI=1S/C20H30FN3O/c1-3-20(4-2)15-17(22-19(20)25)9-10-23-11-13-24(14-12-23)18-7-5-16(21)6-8-18/h5-8,17H,3-4,9-15H2,1-2H3,(H,22,25)/t17-/m0/s1. The molecule has 1 atom stereocenters. The zero-order chi connectivity index (χ0) is 17.9. The molecule has 1 aromatic carbocycles. The predicted octanol–water partition coefficient (Wildman–Crippen LogP) is 3.03. The zero-order valence-corrected chi connectivity index (χ0v) is 15.4. The monoisotopic (exact) mass is 347 g/mol. The topological polar surface area (TPSA) is 35.6 Å². The fourth-order valence-corrected chi connectivity index (χ4v) is 4.21. The van der Waals surface area contributed by atoms with Crippen molar-refractivity contribution >= 4 is 11.6 Å². The number of nitrogens with zero attached hydrogens (tertiary/aromatic N) is 2. The van der Waals surface area contributed by atoms with E-state index in [2.05, 4.69) is 29.0 Å². The third kappa shape index (κ3) is 3.97. The molecule has 1 N–H and O–H groups in total. The Balaban J connectivity index is 1.44. The van der Waals surface area contributed by atoms with Crippen LogP contribution < -0.4 is 10.2 Å². The maximum absolute atomic E-state index is 13.0. The Hall–Kier alpha value is -1.62. The summed E-state index contributed by atoms with van der Waals surface area (Å²) in [5, 5.41) is 3.21. The van der Waals surface area contributed by atoms with Gasteiger partial charge in [0.05, 0.1) is 5.41 Å². The van der Waals surface area contributed by atoms with Gasteiger partial charge in [-0.15, -0.1) is 0 Å². The third-order valence-corrected chi connectivity index (χ3v) is 6.17. The molecule has 5 heteroatoms. The Bertz CT molecular complexity index is 577. The van der Waals surface area contributed by atoms with Crippen molar-refractivity contribution in [3.8, 4) is 0 Å². The summed E-state index contributed by atoms with van der Waals surface area (Å²) in [5.41, 5.74) is 0.964. The second-order valence-corrected chi connectivity index (χ2v) is 7.46. The lowest BCUT2D eigenvalue weighted by Crippen LogP contribution is -2.47. The van der Waals surface area contributed by atoms with E-state index >= 15 is 0 Å². The first kappa shape index (κ1) is 18.2. The highest BCUT2D eigenvalue weighted by Crippen LogP contribution is 2.37. The SMILES string of the molecule is CCC1(CC)C[C@H](CCN2CCN(c3ccc(F)cc3)CC2)NC1=O. The van der Waals surface area contributed by atoms with Crippen LogP contribution in [0.5, 0.6) is 0 Å². The van der Waals surface area contributed by atoms with Gasteiger partial charge in [0, 0.05) is 44.5 Å². The van der Waals surface area contributed by atoms with E-state index in [-0.39, 0.29) is 17.1 Å². The maximum Gasteiger partial charge on any atom is 0.226 e. The smallest absolute Gasteiger partial charge is 0.226 e. The fraction of sp³-hybridized carbons (Fsp3) is 0.650. The van der Waals surface area contributed by atoms with Gasteiger partial charge >= 0.3 is 0 Å². The second kappa shape index (κ2) is 7.73. The van der Waals surface area contributed by atoms with E-state index < -0.39 is 0 Å². The number of benzene rings is 1. The van der Waals surface area contributed by atoms with Crippen LogP contribution in [-0.2, 0) is 4.79 Å². The summed E-state index contributed by atoms with van der Waals surface area (Å²) in [6, 6.07) is 7.08. The molecule has 138 valence electrons. The average molecular weight is 347 g/mol. The fourth-order valence-electron chi connectivity index (χ4n) is 4.21. The molecule has 25 heavy (non-hydrogen) atoms. The van der Waals surface area contributed by atoms with Crippen molar-refractivity contribution in [3.05, 3.63) is 30.1 Å². The van der Waals surface area contributed by atoms with E-state index in [0.29, 0.717) is 6.04 Å². The highest BCUT2D eigenvalue weighted by molar-refractivity contribution is 5.85. The number of hydrogen-bond donors (Lipinski definition) is 1. The normalized spacial score (nSPS) is 23.7. The van der Waals surface area contributed by atoms with Gasteiger partial charge in [-0.25, -0.2) is 4.39 Å². The molecule has 4 nitrogen and oxygen atoms in total. The summed E-state index contributed by atoms with van der Waals surface area (Å²) < 4.78 is 13.0. The van der Waals surface area contributed by atoms with Crippen LogP contribution in [0, 0.1) is 11.2 Å². The van der Waals surface area contributed by atoms with Crippen LogP contribution in [0.4, 0.5) is 10.1 Å². The molecular formula is C20H30FN3O. The lowest BCUT2D eigenvalue weighted by atomic mass is 9.79. The molecule has 0 saturated carbocycles. The van der Waals surface area contributed by atoms with Crippen LogP contribution in [0.3, 0.4) is 0 Å². The lowest BCUT2D eigenvalue weighted by molar-refractivity contribution is -0.128. The highest BCUT2D eigenvalue weighted by Gasteiger charge is 2.43. The number of anilines is 1. The number of rotatable bonds is 6. The minimum absolute atomic E-state index is 0.133. The van der Waals surface area contributed by atoms with Gasteiger partial charge in [0.2, 0.25) is 5.91 Å². The minimum Gasteiger partial charge on any atom is -0.369 e. The summed E-state index contributed by atoms with van der Waals surface area (Å²) >= 11 is 0. The van der Waals surface area contributed by atoms with E-state index in [0.717, 1.165) is 64.1 Å². The largest absolute Gasteiger partial charge is 0.369 e. The molecule has 0 unspecified atom stereocenters. The number of amides is 1. The summed E-state index contributed by atoms with van der Waals surface area (Å²) in [6.07, 6.45) is 3.88. The molecule has 1 aromatic rings. The van der Waals surface area contributed by atoms with Gasteiger partial charge in [-0.05, 0) is 49.9 Å². The van der Waals surface area contributed by atoms with Crippen molar-refractivity contribution in [2.75, 3.05) is 37.6 Å². The van der Waals surface area contributed by atoms with Crippen LogP contribution in [0.1, 0.15) is 39.5 Å². The van der Waals surface area contributed by atoms with Crippen molar-refractivity contribution in [2.45, 2.75) is 45.6 Å². The molecule has 2 fully saturated rings. The van der Waals surface area contributed by atoms with E-state index in [4.69, 9.17) is 0 Å². The molecule has 1 amide bonds. The molecular weight excluding hydrogens is 317 g/mol. The van der Waals surface area contributed by atoms with Crippen molar-refractivity contribution in [2.24, 2.45) is 5.41 Å². The summed E-state index contributed by atoms with van der Waals surface area (Å²) in [5.74, 6) is 0.0693. The summed E-state index contributed by atoms with van der Waals surface area (Å²) in [4.78, 5) is 17.1. The van der Waals surface area contributed by atoms with Gasteiger partial charge in [0.15, 0.2) is 0 Å². The van der Waals surface area contributed by atoms with Gasteiger partial charge in [0.1, 0.15) is 5.82 Å². The molecule has 2 aliphatic rings. The second-order valence-electron chi connectivity index (χ2n) is 7.46. The van der Waals surface area contributed by atoms with Crippen molar-refractivity contribution in [3.63, 3.8) is 0 Å². The lowest BCUT2D eigenvalue weighted by Gasteiger charge is -2.36. The molecule has 2 saturated heterocycles. The molecule has 2 heterocycles. The van der Waals surface area contributed by atoms with E-state index in [1.54, 1.807) is 0 Å². The van der Waals surface area contributed by atoms with Crippen molar-refractivity contribution in [1.82, 2.24) is 10.2 Å². The van der Waals surface area contributed by atoms with E-state index in [1.165, 1.54) is 12.1 Å². The Morgan fingerprint density at radius 2 is 1.76 bits per heavy atom. The first-order chi connectivity index (χ1) is 12.1. The first-order valence-electron chi connectivity index (χ1n) is 9.60. The van der Waals surface area contributed by atoms with E-state index in [1.807, 2.05) is 12.1 Å². The van der Waals surface area contributed by atoms with Crippen LogP contribution in [-0.4, -0.2) is 49.6 Å². The number of piperazine rings is 1. The Kier molecular flexibility index (Phi) is 5.62. The average Bonchev–Trinajstić information content (AvgIpc) is 2.97. The van der Waals surface area contributed by atoms with Crippen LogP contribution in [0.25, 0.3) is 0 Å². The minimum atomic E-state index is -0.184. The van der Waals surface area contributed by atoms with Crippen LogP contribution in [0.2, 0.25) is 0 Å². The summed E-state index contributed by atoms with van der Waals surface area (Å²) in [7, 11) is 0. The molecule has 0 aromatic heterocycles. The Labute approximate surface area is 150 Å². The van der Waals surface area contributed by atoms with Gasteiger partial charge < -0.3 is 10.2 Å². The van der Waals surface area contributed by atoms with Crippen molar-refractivity contribution in [1.29, 1.82) is 0 Å². The predicted molar refractivity (Wildman–Crippen MR) is 99.2 cm³/mol. The molecule has 3 rings (SSSR count). The van der Waals surface area contributed by atoms with Gasteiger partial charge in [-0.2, -0.15) is 0 Å².